The molecule has 0 radical (unpaired) electrons. The lowest BCUT2D eigenvalue weighted by molar-refractivity contribution is -0.122. The fourth-order valence-electron chi connectivity index (χ4n) is 10.2. The van der Waals surface area contributed by atoms with Gasteiger partial charge in [0.15, 0.2) is 11.4 Å². The monoisotopic (exact) mass is 1260 g/mol. The van der Waals surface area contributed by atoms with E-state index in [2.05, 4.69) is 72.9 Å². The Morgan fingerprint density at radius 1 is 0.436 bits per heavy atom. The molecule has 1 saturated heterocycles. The van der Waals surface area contributed by atoms with Crippen LogP contribution < -0.4 is 42.5 Å². The molecule has 8 amide bonds. The Kier molecular flexibility index (Phi) is 19.3. The van der Waals surface area contributed by atoms with E-state index in [1.165, 1.54) is 19.1 Å². The molecule has 10 aromatic rings. The van der Waals surface area contributed by atoms with Gasteiger partial charge >= 0.3 is 5.97 Å². The quantitative estimate of drug-likeness (QED) is 0.0484. The maximum absolute atomic E-state index is 12.5. The topological polar surface area (TPSA) is 352 Å². The maximum Gasteiger partial charge on any atom is 0.335 e. The van der Waals surface area contributed by atoms with Gasteiger partial charge in [-0.05, 0) is 140 Å². The van der Waals surface area contributed by atoms with Crippen molar-refractivity contribution >= 4 is 126 Å². The highest BCUT2D eigenvalue weighted by Crippen LogP contribution is 2.32. The van der Waals surface area contributed by atoms with Gasteiger partial charge in [0.25, 0.3) is 23.6 Å². The number of amides is 8. The number of carbonyl (C=O) groups excluding carboxylic acids is 8. The van der Waals surface area contributed by atoms with E-state index < -0.39 is 12.0 Å². The Morgan fingerprint density at radius 2 is 0.851 bits per heavy atom. The summed E-state index contributed by atoms with van der Waals surface area (Å²) in [5, 5.41) is 46.4. The number of rotatable bonds is 14. The number of carbonyl (C=O) groups is 9. The van der Waals surface area contributed by atoms with Gasteiger partial charge in [0.05, 0.1) is 29.7 Å². The van der Waals surface area contributed by atoms with Gasteiger partial charge in [0.1, 0.15) is 17.5 Å². The first-order valence-corrected chi connectivity index (χ1v) is 29.8. The molecular weight excluding hydrogens is 1200 g/mol. The molecule has 8 aromatic carbocycles. The van der Waals surface area contributed by atoms with Gasteiger partial charge in [-0.2, -0.15) is 10.2 Å². The number of anilines is 7. The fourth-order valence-corrected chi connectivity index (χ4v) is 10.2. The molecular formula is C70H60N14O10. The number of aromatic amines is 2. The number of nitrogens with one attached hydrogen (secondary N) is 10. The highest BCUT2D eigenvalue weighted by atomic mass is 16.4. The van der Waals surface area contributed by atoms with Crippen LogP contribution >= 0.6 is 0 Å². The lowest BCUT2D eigenvalue weighted by Crippen LogP contribution is -2.37. The van der Waals surface area contributed by atoms with Crippen LogP contribution in [0.25, 0.3) is 21.8 Å². The lowest BCUT2D eigenvalue weighted by atomic mass is 10.0. The van der Waals surface area contributed by atoms with E-state index in [4.69, 9.17) is 5.11 Å². The van der Waals surface area contributed by atoms with E-state index in [1.807, 2.05) is 115 Å². The maximum atomic E-state index is 12.5. The molecule has 1 atom stereocenters. The fraction of sp³-hybridized carbons (Fsp3) is 0.129. The number of aromatic nitrogens is 4. The van der Waals surface area contributed by atoms with Gasteiger partial charge < -0.3 is 47.6 Å². The minimum absolute atomic E-state index is 0.0353. The molecule has 24 heteroatoms. The zero-order valence-corrected chi connectivity index (χ0v) is 50.3. The minimum atomic E-state index is -1.02. The second-order valence-electron chi connectivity index (χ2n) is 21.9. The Bertz CT molecular complexity index is 4630. The highest BCUT2D eigenvalue weighted by molar-refractivity contribution is 6.50. The number of nitrogens with zero attached hydrogens (tertiary/aromatic N) is 4. The van der Waals surface area contributed by atoms with Crippen molar-refractivity contribution in [2.75, 3.05) is 37.2 Å². The van der Waals surface area contributed by atoms with Crippen LogP contribution in [-0.2, 0) is 41.9 Å². The normalized spacial score (nSPS) is 13.8. The van der Waals surface area contributed by atoms with Crippen molar-refractivity contribution in [3.8, 4) is 0 Å². The molecule has 2 fully saturated rings. The number of hydrogen-bond donors (Lipinski definition) is 11. The average molecular weight is 1260 g/mol. The number of H-pyrrole nitrogens is 2. The zero-order chi connectivity index (χ0) is 65.7. The molecule has 1 saturated carbocycles. The van der Waals surface area contributed by atoms with Crippen LogP contribution in [0, 0.1) is 5.92 Å². The molecule has 11 N–H and O–H groups in total. The van der Waals surface area contributed by atoms with Crippen molar-refractivity contribution < 1.29 is 48.3 Å². The zero-order valence-electron chi connectivity index (χ0n) is 50.3. The van der Waals surface area contributed by atoms with Crippen molar-refractivity contribution in [1.82, 2.24) is 25.7 Å². The van der Waals surface area contributed by atoms with Gasteiger partial charge in [-0.1, -0.05) is 84.9 Å². The average Bonchev–Trinajstić information content (AvgIpc) is 1.73. The summed E-state index contributed by atoms with van der Waals surface area (Å²) in [6.45, 7) is 2.32. The van der Waals surface area contributed by atoms with E-state index in [-0.39, 0.29) is 70.1 Å². The first kappa shape index (κ1) is 62.9. The summed E-state index contributed by atoms with van der Waals surface area (Å²) in [6.07, 6.45) is 2.72. The number of carboxylic acids is 1. The van der Waals surface area contributed by atoms with Crippen molar-refractivity contribution in [1.29, 1.82) is 0 Å². The van der Waals surface area contributed by atoms with Crippen LogP contribution in [0.1, 0.15) is 86.2 Å². The number of carboxylic acid groups (broad SMARTS) is 1. The summed E-state index contributed by atoms with van der Waals surface area (Å²) in [5.74, 6) is -2.62. The Morgan fingerprint density at radius 3 is 1.28 bits per heavy atom. The molecule has 0 bridgehead atoms. The van der Waals surface area contributed by atoms with Crippen molar-refractivity contribution in [3.63, 3.8) is 0 Å². The molecule has 2 aromatic heterocycles. The summed E-state index contributed by atoms with van der Waals surface area (Å²) in [7, 11) is 0. The molecule has 0 unspecified atom stereocenters. The number of hydrogen-bond acceptors (Lipinski definition) is 13. The van der Waals surface area contributed by atoms with E-state index >= 15 is 0 Å². The largest absolute Gasteiger partial charge is 0.478 e. The second-order valence-corrected chi connectivity index (χ2v) is 21.9. The first-order chi connectivity index (χ1) is 45.6. The Labute approximate surface area is 536 Å². The Balaban J connectivity index is 0.000000128. The Hall–Kier alpha value is -12.7. The van der Waals surface area contributed by atoms with Crippen LogP contribution in [0.2, 0.25) is 0 Å². The van der Waals surface area contributed by atoms with E-state index in [0.29, 0.717) is 93.3 Å². The predicted octanol–water partition coefficient (Wildman–Crippen LogP) is 10.1. The minimum Gasteiger partial charge on any atom is -0.478 e. The summed E-state index contributed by atoms with van der Waals surface area (Å²) in [5.41, 5.74) is 10.6. The van der Waals surface area contributed by atoms with Gasteiger partial charge in [-0.3, -0.25) is 58.5 Å². The van der Waals surface area contributed by atoms with Crippen LogP contribution in [0.5, 0.6) is 0 Å². The number of aromatic carboxylic acids is 1. The molecule has 0 spiro atoms. The third-order valence-corrected chi connectivity index (χ3v) is 15.0. The summed E-state index contributed by atoms with van der Waals surface area (Å²) < 4.78 is 0. The predicted molar refractivity (Wildman–Crippen MR) is 357 cm³/mol. The van der Waals surface area contributed by atoms with Crippen LogP contribution in [0.3, 0.4) is 0 Å². The highest BCUT2D eigenvalue weighted by Gasteiger charge is 2.31. The van der Waals surface area contributed by atoms with E-state index in [0.717, 1.165) is 40.7 Å². The van der Waals surface area contributed by atoms with Crippen LogP contribution in [-0.4, -0.2) is 96.2 Å². The van der Waals surface area contributed by atoms with Gasteiger partial charge in [0.2, 0.25) is 23.6 Å². The van der Waals surface area contributed by atoms with Gasteiger partial charge in [0, 0.05) is 81.0 Å². The molecule has 14 rings (SSSR count). The first-order valence-electron chi connectivity index (χ1n) is 29.8. The van der Waals surface area contributed by atoms with E-state index in [1.54, 1.807) is 66.7 Å². The second kappa shape index (κ2) is 28.8. The summed E-state index contributed by atoms with van der Waals surface area (Å²) in [4.78, 5) is 116. The standard InChI is InChI=1S/C19H17N5O3.C18H16N4O2.C17H15N3O2.C16H12N2O3/c25-16-9-8-15(22-16)18(26)21-12-6-7-14-13(10-12)17(24-23-14)19(27)20-11-4-2-1-3-5-11;23-17(11-6-7-11)20-13-8-9-15-14(10-13)16(22-21-15)18(24)19-12-4-2-1-3-5-12;1-11(21)19-14-8-7-12-10-18-16(15(12)9-14)17(22)20-13-5-3-2-4-6-13;19-15(18-12-4-2-1-3-5-12)14-13-8-10(16(20)21)6-7-11(13)9-17-14/h1-7,10,15H,8-9H2,(H,20,27)(H,21,26)(H,22,25)(H,23,24);1-5,8-11H,6-7H2,(H,19,24)(H,20,23)(H,21,22);2-9H,10H2,1H3,(H,19,21)(H,20,22);1-8H,9H2,(H,18,19)(H,20,21)/t15-;;;/m0.../s1. The van der Waals surface area contributed by atoms with Gasteiger partial charge in [-0.15, -0.1) is 0 Å². The number of benzene rings is 8. The van der Waals surface area contributed by atoms with Gasteiger partial charge in [-0.25, -0.2) is 4.79 Å². The smallest absolute Gasteiger partial charge is 0.335 e. The van der Waals surface area contributed by atoms with Crippen LogP contribution in [0.15, 0.2) is 204 Å². The number of fused-ring (bicyclic) bond motifs is 4. The van der Waals surface area contributed by atoms with Crippen molar-refractivity contribution in [2.24, 2.45) is 15.9 Å². The molecule has 1 aliphatic carbocycles. The molecule has 4 aliphatic rings. The molecule has 3 aliphatic heterocycles. The third-order valence-electron chi connectivity index (χ3n) is 15.0. The summed E-state index contributed by atoms with van der Waals surface area (Å²) in [6, 6.07) is 56.8. The SMILES string of the molecule is CC(=O)Nc1ccc2c(c1)C(C(=O)Nc1ccccc1)=NC2.O=C(Nc1ccccc1)C1=NCc2ccc(C(=O)O)cc21.O=C(Nc1ccccc1)c1n[nH]c2ccc(NC(=O)C3CC3)cc12.O=C1CC[C@@H](C(=O)Nc2ccc3[nH]nc(C(=O)Nc4ccccc4)c3c2)N1. The third kappa shape index (κ3) is 15.8. The molecule has 470 valence electrons. The number of para-hydroxylation sites is 4. The van der Waals surface area contributed by atoms with Crippen molar-refractivity contribution in [3.05, 3.63) is 233 Å². The number of aliphatic imine (C=N–C) groups is 2. The molecule has 5 heterocycles. The lowest BCUT2D eigenvalue weighted by Gasteiger charge is -2.11. The van der Waals surface area contributed by atoms with Crippen molar-refractivity contribution in [2.45, 2.75) is 51.7 Å². The summed E-state index contributed by atoms with van der Waals surface area (Å²) >= 11 is 0. The molecule has 94 heavy (non-hydrogen) atoms. The molecule has 24 nitrogen and oxygen atoms in total. The van der Waals surface area contributed by atoms with Crippen LogP contribution in [0.4, 0.5) is 39.8 Å². The van der Waals surface area contributed by atoms with E-state index in [9.17, 15) is 43.2 Å².